The summed E-state index contributed by atoms with van der Waals surface area (Å²) in [5.74, 6) is 1.95. The van der Waals surface area contributed by atoms with Gasteiger partial charge in [-0.15, -0.1) is 0 Å². The number of nitrogens with one attached hydrogen (secondary N) is 1. The minimum atomic E-state index is 0.777. The normalized spacial score (nSPS) is 16.8. The predicted molar refractivity (Wildman–Crippen MR) is 49.5 cm³/mol. The van der Waals surface area contributed by atoms with Gasteiger partial charge in [-0.2, -0.15) is 5.10 Å². The molecule has 0 aromatic carbocycles. The van der Waals surface area contributed by atoms with E-state index in [2.05, 4.69) is 21.7 Å². The Bertz CT molecular complexity index is 321. The van der Waals surface area contributed by atoms with E-state index in [4.69, 9.17) is 12.2 Å². The Hall–Kier alpha value is -0.640. The molecule has 0 saturated heterocycles. The molecule has 0 spiro atoms. The van der Waals surface area contributed by atoms with E-state index >= 15 is 0 Å². The summed E-state index contributed by atoms with van der Waals surface area (Å²) in [5, 5.41) is 7.00. The Kier molecular flexibility index (Phi) is 2.00. The zero-order valence-electron chi connectivity index (χ0n) is 7.21. The fourth-order valence-electron chi connectivity index (χ4n) is 1.37. The van der Waals surface area contributed by atoms with Crippen molar-refractivity contribution in [1.29, 1.82) is 0 Å². The van der Waals surface area contributed by atoms with E-state index in [1.165, 1.54) is 12.8 Å². The fourth-order valence-corrected chi connectivity index (χ4v) is 1.59. The van der Waals surface area contributed by atoms with Gasteiger partial charge in [-0.05, 0) is 31.0 Å². The largest absolute Gasteiger partial charge is 0.304 e. The maximum atomic E-state index is 5.13. The number of aromatic amines is 1. The number of aromatic nitrogens is 3. The first-order chi connectivity index (χ1) is 5.81. The van der Waals surface area contributed by atoms with Crippen LogP contribution >= 0.6 is 12.2 Å². The lowest BCUT2D eigenvalue weighted by atomic mass is 10.4. The number of hydrogen-bond acceptors (Lipinski definition) is 2. The van der Waals surface area contributed by atoms with E-state index in [0.717, 1.165) is 29.5 Å². The Labute approximate surface area is 76.8 Å². The highest BCUT2D eigenvalue weighted by molar-refractivity contribution is 7.71. The van der Waals surface area contributed by atoms with E-state index in [-0.39, 0.29) is 0 Å². The van der Waals surface area contributed by atoms with Crippen LogP contribution in [0.4, 0.5) is 0 Å². The second kappa shape index (κ2) is 3.01. The molecular formula is C8H13N3S. The van der Waals surface area contributed by atoms with Gasteiger partial charge >= 0.3 is 0 Å². The third-order valence-electron chi connectivity index (χ3n) is 2.29. The van der Waals surface area contributed by atoms with Crippen LogP contribution in [0.1, 0.15) is 25.6 Å². The lowest BCUT2D eigenvalue weighted by Gasteiger charge is -2.02. The van der Waals surface area contributed by atoms with Gasteiger partial charge in [-0.25, -0.2) is 0 Å². The molecule has 1 fully saturated rings. The molecule has 1 aromatic rings. The Balaban J connectivity index is 2.24. The summed E-state index contributed by atoms with van der Waals surface area (Å²) in [4.78, 5) is 0. The van der Waals surface area contributed by atoms with Gasteiger partial charge < -0.3 is 4.57 Å². The van der Waals surface area contributed by atoms with Crippen molar-refractivity contribution in [3.05, 3.63) is 10.6 Å². The van der Waals surface area contributed by atoms with Crippen LogP contribution in [-0.2, 0) is 13.0 Å². The van der Waals surface area contributed by atoms with E-state index in [1.807, 2.05) is 0 Å². The molecule has 0 bridgehead atoms. The molecule has 1 aromatic heterocycles. The molecule has 66 valence electrons. The monoisotopic (exact) mass is 183 g/mol. The smallest absolute Gasteiger partial charge is 0.195 e. The molecule has 0 unspecified atom stereocenters. The van der Waals surface area contributed by atoms with Crippen LogP contribution in [0.5, 0.6) is 0 Å². The average Bonchev–Trinajstić information content (AvgIpc) is 2.80. The summed E-state index contributed by atoms with van der Waals surface area (Å²) >= 11 is 5.13. The second-order valence-electron chi connectivity index (χ2n) is 3.35. The van der Waals surface area contributed by atoms with Gasteiger partial charge in [0.1, 0.15) is 5.82 Å². The van der Waals surface area contributed by atoms with Crippen LogP contribution in [0.15, 0.2) is 0 Å². The van der Waals surface area contributed by atoms with Crippen molar-refractivity contribution in [2.24, 2.45) is 5.92 Å². The Morgan fingerprint density at radius 3 is 3.00 bits per heavy atom. The topological polar surface area (TPSA) is 33.6 Å². The van der Waals surface area contributed by atoms with E-state index in [1.54, 1.807) is 0 Å². The molecule has 12 heavy (non-hydrogen) atoms. The van der Waals surface area contributed by atoms with Crippen LogP contribution < -0.4 is 0 Å². The third kappa shape index (κ3) is 1.43. The van der Waals surface area contributed by atoms with Gasteiger partial charge in [0.25, 0.3) is 0 Å². The number of aryl methyl sites for hydroxylation is 1. The highest BCUT2D eigenvalue weighted by Gasteiger charge is 2.22. The van der Waals surface area contributed by atoms with Gasteiger partial charge in [0.05, 0.1) is 0 Å². The van der Waals surface area contributed by atoms with Crippen molar-refractivity contribution in [3.8, 4) is 0 Å². The number of H-pyrrole nitrogens is 1. The van der Waals surface area contributed by atoms with E-state index in [0.29, 0.717) is 0 Å². The molecule has 3 nitrogen and oxygen atoms in total. The molecule has 0 amide bonds. The molecule has 4 heteroatoms. The van der Waals surface area contributed by atoms with Gasteiger partial charge in [0.2, 0.25) is 0 Å². The second-order valence-corrected chi connectivity index (χ2v) is 3.74. The fraction of sp³-hybridized carbons (Fsp3) is 0.750. The first-order valence-corrected chi connectivity index (χ1v) is 4.86. The molecule has 2 rings (SSSR count). The van der Waals surface area contributed by atoms with Crippen molar-refractivity contribution in [2.45, 2.75) is 32.7 Å². The van der Waals surface area contributed by atoms with Crippen molar-refractivity contribution in [3.63, 3.8) is 0 Å². The minimum absolute atomic E-state index is 0.777. The number of hydrogen-bond donors (Lipinski definition) is 1. The summed E-state index contributed by atoms with van der Waals surface area (Å²) in [6, 6.07) is 0. The van der Waals surface area contributed by atoms with Crippen LogP contribution in [0, 0.1) is 10.7 Å². The maximum absolute atomic E-state index is 5.13. The minimum Gasteiger partial charge on any atom is -0.304 e. The first kappa shape index (κ1) is 7.98. The zero-order chi connectivity index (χ0) is 8.55. The Morgan fingerprint density at radius 1 is 1.67 bits per heavy atom. The lowest BCUT2D eigenvalue weighted by Crippen LogP contribution is -2.04. The summed E-state index contributed by atoms with van der Waals surface area (Å²) in [6.45, 7) is 3.17. The van der Waals surface area contributed by atoms with Crippen LogP contribution in [0.25, 0.3) is 0 Å². The Morgan fingerprint density at radius 2 is 2.42 bits per heavy atom. The van der Waals surface area contributed by atoms with Crippen molar-refractivity contribution >= 4 is 12.2 Å². The van der Waals surface area contributed by atoms with Crippen LogP contribution in [0.3, 0.4) is 0 Å². The SMILES string of the molecule is CCc1n[nH]c(=S)n1CC1CC1. The quantitative estimate of drug-likeness (QED) is 0.726. The molecule has 1 aliphatic carbocycles. The summed E-state index contributed by atoms with van der Waals surface area (Å²) in [6.07, 6.45) is 3.67. The summed E-state index contributed by atoms with van der Waals surface area (Å²) in [5.41, 5.74) is 0. The molecule has 1 aliphatic rings. The number of rotatable bonds is 3. The lowest BCUT2D eigenvalue weighted by molar-refractivity contribution is 0.593. The standard InChI is InChI=1S/C8H13N3S/c1-2-7-9-10-8(12)11(7)5-6-3-4-6/h6H,2-5H2,1H3,(H,10,12). The van der Waals surface area contributed by atoms with Gasteiger partial charge in [-0.3, -0.25) is 5.10 Å². The molecule has 1 heterocycles. The highest BCUT2D eigenvalue weighted by Crippen LogP contribution is 2.30. The molecule has 0 aliphatic heterocycles. The van der Waals surface area contributed by atoms with Gasteiger partial charge in [-0.1, -0.05) is 6.92 Å². The van der Waals surface area contributed by atoms with E-state index < -0.39 is 0 Å². The van der Waals surface area contributed by atoms with Crippen molar-refractivity contribution in [1.82, 2.24) is 14.8 Å². The highest BCUT2D eigenvalue weighted by atomic mass is 32.1. The molecular weight excluding hydrogens is 170 g/mol. The van der Waals surface area contributed by atoms with Gasteiger partial charge in [0.15, 0.2) is 4.77 Å². The third-order valence-corrected chi connectivity index (χ3v) is 2.60. The molecule has 0 atom stereocenters. The summed E-state index contributed by atoms with van der Waals surface area (Å²) < 4.78 is 2.91. The van der Waals surface area contributed by atoms with Crippen molar-refractivity contribution in [2.75, 3.05) is 0 Å². The van der Waals surface area contributed by atoms with Crippen LogP contribution in [-0.4, -0.2) is 14.8 Å². The predicted octanol–water partition coefficient (Wildman–Crippen LogP) is 1.91. The zero-order valence-corrected chi connectivity index (χ0v) is 8.02. The van der Waals surface area contributed by atoms with Crippen LogP contribution in [0.2, 0.25) is 0 Å². The molecule has 1 saturated carbocycles. The summed E-state index contributed by atoms with van der Waals surface area (Å²) in [7, 11) is 0. The maximum Gasteiger partial charge on any atom is 0.195 e. The van der Waals surface area contributed by atoms with Gasteiger partial charge in [0, 0.05) is 13.0 Å². The number of nitrogens with zero attached hydrogens (tertiary/aromatic N) is 2. The van der Waals surface area contributed by atoms with Crippen molar-refractivity contribution < 1.29 is 0 Å². The first-order valence-electron chi connectivity index (χ1n) is 4.45. The molecule has 0 radical (unpaired) electrons. The average molecular weight is 183 g/mol. The molecule has 1 N–H and O–H groups in total. The van der Waals surface area contributed by atoms with E-state index in [9.17, 15) is 0 Å².